The topological polar surface area (TPSA) is 60.9 Å². The SMILES string of the molecule is Cc1cccc(Cn2nc(-c3cccc(N)c3)ccc2=O)c1. The van der Waals surface area contributed by atoms with Gasteiger partial charge in [0.15, 0.2) is 0 Å². The van der Waals surface area contributed by atoms with Crippen LogP contribution in [-0.2, 0) is 6.54 Å². The maximum absolute atomic E-state index is 12.0. The smallest absolute Gasteiger partial charge is 0.267 e. The molecule has 0 saturated carbocycles. The Labute approximate surface area is 128 Å². The van der Waals surface area contributed by atoms with E-state index in [4.69, 9.17) is 5.73 Å². The predicted molar refractivity (Wildman–Crippen MR) is 88.6 cm³/mol. The van der Waals surface area contributed by atoms with Crippen molar-refractivity contribution in [2.75, 3.05) is 5.73 Å². The summed E-state index contributed by atoms with van der Waals surface area (Å²) in [6, 6.07) is 18.8. The van der Waals surface area contributed by atoms with Crippen LogP contribution in [0.15, 0.2) is 65.5 Å². The average molecular weight is 291 g/mol. The summed E-state index contributed by atoms with van der Waals surface area (Å²) in [6.07, 6.45) is 0. The zero-order valence-corrected chi connectivity index (χ0v) is 12.4. The largest absolute Gasteiger partial charge is 0.399 e. The van der Waals surface area contributed by atoms with Crippen molar-refractivity contribution in [1.82, 2.24) is 9.78 Å². The summed E-state index contributed by atoms with van der Waals surface area (Å²) in [5.74, 6) is 0. The van der Waals surface area contributed by atoms with E-state index in [1.54, 1.807) is 12.1 Å². The van der Waals surface area contributed by atoms with E-state index in [1.807, 2.05) is 49.4 Å². The van der Waals surface area contributed by atoms with Crippen LogP contribution in [0.25, 0.3) is 11.3 Å². The highest BCUT2D eigenvalue weighted by Gasteiger charge is 2.05. The van der Waals surface area contributed by atoms with Gasteiger partial charge in [-0.05, 0) is 30.7 Å². The number of aromatic nitrogens is 2. The Balaban J connectivity index is 1.98. The van der Waals surface area contributed by atoms with Crippen LogP contribution < -0.4 is 11.3 Å². The van der Waals surface area contributed by atoms with Crippen molar-refractivity contribution in [3.63, 3.8) is 0 Å². The molecule has 0 saturated heterocycles. The molecule has 1 heterocycles. The fraction of sp³-hybridized carbons (Fsp3) is 0.111. The Morgan fingerprint density at radius 1 is 1.05 bits per heavy atom. The molecular weight excluding hydrogens is 274 g/mol. The predicted octanol–water partition coefficient (Wildman–Crippen LogP) is 2.85. The minimum atomic E-state index is -0.117. The Morgan fingerprint density at radius 3 is 2.64 bits per heavy atom. The van der Waals surface area contributed by atoms with E-state index < -0.39 is 0 Å². The highest BCUT2D eigenvalue weighted by molar-refractivity contribution is 5.63. The molecule has 0 amide bonds. The molecule has 3 aromatic rings. The van der Waals surface area contributed by atoms with Crippen molar-refractivity contribution in [3.8, 4) is 11.3 Å². The quantitative estimate of drug-likeness (QED) is 0.755. The molecule has 0 aliphatic carbocycles. The fourth-order valence-electron chi connectivity index (χ4n) is 2.40. The number of nitrogens with two attached hydrogens (primary N) is 1. The second kappa shape index (κ2) is 5.85. The van der Waals surface area contributed by atoms with E-state index in [9.17, 15) is 4.79 Å². The van der Waals surface area contributed by atoms with Crippen molar-refractivity contribution >= 4 is 5.69 Å². The molecule has 1 aromatic heterocycles. The van der Waals surface area contributed by atoms with Gasteiger partial charge < -0.3 is 5.73 Å². The maximum atomic E-state index is 12.0. The first kappa shape index (κ1) is 14.1. The molecule has 2 N–H and O–H groups in total. The first-order chi connectivity index (χ1) is 10.6. The van der Waals surface area contributed by atoms with Crippen molar-refractivity contribution in [3.05, 3.63) is 82.1 Å². The number of rotatable bonds is 3. The lowest BCUT2D eigenvalue weighted by molar-refractivity contribution is 0.642. The lowest BCUT2D eigenvalue weighted by Gasteiger charge is -2.08. The molecule has 0 unspecified atom stereocenters. The summed E-state index contributed by atoms with van der Waals surface area (Å²) in [6.45, 7) is 2.49. The maximum Gasteiger partial charge on any atom is 0.267 e. The van der Waals surface area contributed by atoms with Crippen LogP contribution >= 0.6 is 0 Å². The molecule has 0 aliphatic heterocycles. The second-order valence-electron chi connectivity index (χ2n) is 5.33. The zero-order chi connectivity index (χ0) is 15.5. The van der Waals surface area contributed by atoms with Crippen LogP contribution in [0.2, 0.25) is 0 Å². The van der Waals surface area contributed by atoms with Gasteiger partial charge in [-0.2, -0.15) is 5.10 Å². The Hall–Kier alpha value is -2.88. The van der Waals surface area contributed by atoms with E-state index in [2.05, 4.69) is 11.2 Å². The molecule has 3 rings (SSSR count). The second-order valence-corrected chi connectivity index (χ2v) is 5.33. The van der Waals surface area contributed by atoms with Crippen LogP contribution in [0, 0.1) is 6.92 Å². The third-order valence-electron chi connectivity index (χ3n) is 3.46. The van der Waals surface area contributed by atoms with Gasteiger partial charge in [0.1, 0.15) is 0 Å². The van der Waals surface area contributed by atoms with Gasteiger partial charge in [-0.1, -0.05) is 42.0 Å². The summed E-state index contributed by atoms with van der Waals surface area (Å²) in [4.78, 5) is 12.0. The highest BCUT2D eigenvalue weighted by atomic mass is 16.1. The van der Waals surface area contributed by atoms with Gasteiger partial charge in [-0.3, -0.25) is 4.79 Å². The van der Waals surface area contributed by atoms with Gasteiger partial charge in [-0.15, -0.1) is 0 Å². The fourth-order valence-corrected chi connectivity index (χ4v) is 2.40. The molecule has 0 radical (unpaired) electrons. The molecule has 2 aromatic carbocycles. The molecule has 4 nitrogen and oxygen atoms in total. The molecule has 0 spiro atoms. The number of aryl methyl sites for hydroxylation is 1. The van der Waals surface area contributed by atoms with Crippen molar-refractivity contribution < 1.29 is 0 Å². The van der Waals surface area contributed by atoms with Crippen LogP contribution in [-0.4, -0.2) is 9.78 Å². The number of benzene rings is 2. The minimum Gasteiger partial charge on any atom is -0.399 e. The summed E-state index contributed by atoms with van der Waals surface area (Å²) in [7, 11) is 0. The summed E-state index contributed by atoms with van der Waals surface area (Å²) >= 11 is 0. The lowest BCUT2D eigenvalue weighted by Crippen LogP contribution is -2.22. The van der Waals surface area contributed by atoms with Crippen LogP contribution in [0.4, 0.5) is 5.69 Å². The number of nitrogens with zero attached hydrogens (tertiary/aromatic N) is 2. The molecule has 0 fully saturated rings. The Morgan fingerprint density at radius 2 is 1.86 bits per heavy atom. The van der Waals surface area contributed by atoms with Gasteiger partial charge in [0.2, 0.25) is 0 Å². The van der Waals surface area contributed by atoms with E-state index in [0.717, 1.165) is 22.4 Å². The van der Waals surface area contributed by atoms with Gasteiger partial charge in [0, 0.05) is 17.3 Å². The van der Waals surface area contributed by atoms with E-state index in [0.29, 0.717) is 12.2 Å². The molecule has 110 valence electrons. The normalized spacial score (nSPS) is 10.6. The van der Waals surface area contributed by atoms with Crippen molar-refractivity contribution in [2.24, 2.45) is 0 Å². The summed E-state index contributed by atoms with van der Waals surface area (Å²) in [5.41, 5.74) is 10.2. The average Bonchev–Trinajstić information content (AvgIpc) is 2.49. The van der Waals surface area contributed by atoms with Crippen LogP contribution in [0.5, 0.6) is 0 Å². The van der Waals surface area contributed by atoms with Crippen LogP contribution in [0.1, 0.15) is 11.1 Å². The molecule has 22 heavy (non-hydrogen) atoms. The number of anilines is 1. The number of nitrogen functional groups attached to an aromatic ring is 1. The molecule has 0 bridgehead atoms. The monoisotopic (exact) mass is 291 g/mol. The molecule has 0 atom stereocenters. The molecule has 4 heteroatoms. The third kappa shape index (κ3) is 3.06. The van der Waals surface area contributed by atoms with Gasteiger partial charge in [0.05, 0.1) is 12.2 Å². The van der Waals surface area contributed by atoms with Gasteiger partial charge in [0.25, 0.3) is 5.56 Å². The first-order valence-electron chi connectivity index (χ1n) is 7.11. The Bertz CT molecular complexity index is 868. The summed E-state index contributed by atoms with van der Waals surface area (Å²) < 4.78 is 1.48. The highest BCUT2D eigenvalue weighted by Crippen LogP contribution is 2.18. The summed E-state index contributed by atoms with van der Waals surface area (Å²) in [5, 5.41) is 4.46. The molecule has 0 aliphatic rings. The van der Waals surface area contributed by atoms with E-state index >= 15 is 0 Å². The zero-order valence-electron chi connectivity index (χ0n) is 12.4. The van der Waals surface area contributed by atoms with Crippen molar-refractivity contribution in [2.45, 2.75) is 13.5 Å². The first-order valence-corrected chi connectivity index (χ1v) is 7.11. The minimum absolute atomic E-state index is 0.117. The van der Waals surface area contributed by atoms with E-state index in [1.165, 1.54) is 4.68 Å². The standard InChI is InChI=1S/C18H17N3O/c1-13-4-2-5-14(10-13)12-21-18(22)9-8-17(20-21)15-6-3-7-16(19)11-15/h2-11H,12,19H2,1H3. The number of hydrogen-bond donors (Lipinski definition) is 1. The van der Waals surface area contributed by atoms with Gasteiger partial charge >= 0.3 is 0 Å². The molecular formula is C18H17N3O. The number of hydrogen-bond acceptors (Lipinski definition) is 3. The Kier molecular flexibility index (Phi) is 3.74. The van der Waals surface area contributed by atoms with E-state index in [-0.39, 0.29) is 5.56 Å². The third-order valence-corrected chi connectivity index (χ3v) is 3.46. The van der Waals surface area contributed by atoms with Gasteiger partial charge in [-0.25, -0.2) is 4.68 Å². The van der Waals surface area contributed by atoms with Crippen LogP contribution in [0.3, 0.4) is 0 Å². The van der Waals surface area contributed by atoms with Crippen molar-refractivity contribution in [1.29, 1.82) is 0 Å². The lowest BCUT2D eigenvalue weighted by atomic mass is 10.1.